The molecule has 0 spiro atoms. The quantitative estimate of drug-likeness (QED) is 0.166. The molecule has 0 saturated carbocycles. The molecule has 0 aliphatic carbocycles. The maximum atomic E-state index is 12.7. The van der Waals surface area contributed by atoms with E-state index in [-0.39, 0.29) is 18.0 Å². The van der Waals surface area contributed by atoms with Gasteiger partial charge in [0.15, 0.2) is 5.75 Å². The largest absolute Gasteiger partial charge is 0.485 e. The summed E-state index contributed by atoms with van der Waals surface area (Å²) in [7, 11) is 0. The number of hydrogen-bond donors (Lipinski definition) is 1. The van der Waals surface area contributed by atoms with Crippen LogP contribution in [0.1, 0.15) is 66.2 Å². The number of ether oxygens (including phenoxy) is 2. The number of pyridine rings is 1. The normalized spacial score (nSPS) is 11.4. The van der Waals surface area contributed by atoms with E-state index in [1.165, 1.54) is 23.3 Å². The van der Waals surface area contributed by atoms with Crippen LogP contribution in [0.5, 0.6) is 11.5 Å². The van der Waals surface area contributed by atoms with Crippen LogP contribution in [0.2, 0.25) is 0 Å². The number of aromatic amines is 1. The first-order chi connectivity index (χ1) is 15.3. The fraction of sp³-hybridized carbons (Fsp3) is 0.480. The van der Waals surface area contributed by atoms with Crippen LogP contribution in [-0.4, -0.2) is 23.1 Å². The third-order valence-electron chi connectivity index (χ3n) is 5.11. The summed E-state index contributed by atoms with van der Waals surface area (Å²) in [5.41, 5.74) is 2.28. The molecule has 0 unspecified atom stereocenters. The molecule has 0 saturated heterocycles. The Morgan fingerprint density at radius 1 is 1.09 bits per heavy atom. The Morgan fingerprint density at radius 3 is 2.56 bits per heavy atom. The van der Waals surface area contributed by atoms with Crippen LogP contribution in [0.25, 0.3) is 10.9 Å². The molecule has 0 atom stereocenters. The Bertz CT molecular complexity index is 1030. The molecule has 7 nitrogen and oxygen atoms in total. The number of rotatable bonds is 13. The summed E-state index contributed by atoms with van der Waals surface area (Å²) in [5, 5.41) is 11.7. The average Bonchev–Trinajstić information content (AvgIpc) is 2.74. The van der Waals surface area contributed by atoms with E-state index < -0.39 is 10.5 Å². The molecule has 0 aliphatic rings. The van der Waals surface area contributed by atoms with Gasteiger partial charge in [-0.25, -0.2) is 0 Å². The predicted octanol–water partition coefficient (Wildman–Crippen LogP) is 6.47. The van der Waals surface area contributed by atoms with Gasteiger partial charge in [-0.1, -0.05) is 43.4 Å². The Morgan fingerprint density at radius 2 is 1.88 bits per heavy atom. The molecule has 0 amide bonds. The third kappa shape index (κ3) is 7.55. The molecule has 1 heterocycles. The third-order valence-corrected chi connectivity index (χ3v) is 5.11. The van der Waals surface area contributed by atoms with Crippen LogP contribution in [0.4, 0.5) is 5.69 Å². The van der Waals surface area contributed by atoms with Gasteiger partial charge in [0.1, 0.15) is 6.61 Å². The minimum Gasteiger partial charge on any atom is -0.485 e. The lowest BCUT2D eigenvalue weighted by atomic mass is 10.1. The molecule has 7 heteroatoms. The first-order valence-electron chi connectivity index (χ1n) is 11.2. The van der Waals surface area contributed by atoms with E-state index in [2.05, 4.69) is 31.8 Å². The smallest absolute Gasteiger partial charge is 0.294 e. The van der Waals surface area contributed by atoms with E-state index in [4.69, 9.17) is 9.47 Å². The van der Waals surface area contributed by atoms with Crippen LogP contribution < -0.4 is 15.0 Å². The highest BCUT2D eigenvalue weighted by molar-refractivity contribution is 5.88. The number of benzene rings is 1. The second-order valence-corrected chi connectivity index (χ2v) is 8.19. The summed E-state index contributed by atoms with van der Waals surface area (Å²) in [4.78, 5) is 26.0. The molecule has 174 valence electrons. The van der Waals surface area contributed by atoms with Crippen molar-refractivity contribution >= 4 is 16.6 Å². The molecule has 0 aliphatic heterocycles. The Labute approximate surface area is 189 Å². The number of nitro benzene ring substituents is 1. The van der Waals surface area contributed by atoms with Gasteiger partial charge < -0.3 is 14.5 Å². The first kappa shape index (κ1) is 25.2. The highest BCUT2D eigenvalue weighted by atomic mass is 16.6. The highest BCUT2D eigenvalue weighted by Gasteiger charge is 2.18. The van der Waals surface area contributed by atoms with Crippen molar-refractivity contribution < 1.29 is 14.4 Å². The molecule has 0 bridgehead atoms. The fourth-order valence-corrected chi connectivity index (χ4v) is 3.29. The number of non-ortho nitro benzene ring substituents is 1. The summed E-state index contributed by atoms with van der Waals surface area (Å²) in [6.07, 6.45) is 10.2. The molecule has 0 fully saturated rings. The summed E-state index contributed by atoms with van der Waals surface area (Å²) in [5.74, 6) is 0.445. The molecule has 2 aromatic rings. The number of nitrogens with zero attached hydrogens (tertiary/aromatic N) is 1. The van der Waals surface area contributed by atoms with Crippen molar-refractivity contribution in [3.05, 3.63) is 62.0 Å². The molecule has 2 rings (SSSR count). The van der Waals surface area contributed by atoms with E-state index in [0.29, 0.717) is 23.3 Å². The van der Waals surface area contributed by atoms with Crippen LogP contribution in [0.3, 0.4) is 0 Å². The zero-order valence-electron chi connectivity index (χ0n) is 19.5. The lowest BCUT2D eigenvalue weighted by Crippen LogP contribution is -2.15. The predicted molar refractivity (Wildman–Crippen MR) is 129 cm³/mol. The van der Waals surface area contributed by atoms with Gasteiger partial charge in [0, 0.05) is 17.5 Å². The van der Waals surface area contributed by atoms with Gasteiger partial charge in [-0.2, -0.15) is 0 Å². The number of nitro groups is 1. The summed E-state index contributed by atoms with van der Waals surface area (Å²) in [6.45, 7) is 9.03. The lowest BCUT2D eigenvalue weighted by molar-refractivity contribution is -0.384. The average molecular weight is 443 g/mol. The fourth-order valence-electron chi connectivity index (χ4n) is 3.29. The summed E-state index contributed by atoms with van der Waals surface area (Å²) < 4.78 is 11.8. The number of nitrogens with one attached hydrogen (secondary N) is 1. The van der Waals surface area contributed by atoms with Crippen molar-refractivity contribution in [1.29, 1.82) is 0 Å². The second kappa shape index (κ2) is 12.7. The number of H-pyrrole nitrogens is 1. The van der Waals surface area contributed by atoms with Crippen LogP contribution in [0.15, 0.2) is 46.3 Å². The second-order valence-electron chi connectivity index (χ2n) is 8.19. The van der Waals surface area contributed by atoms with Crippen molar-refractivity contribution in [3.63, 3.8) is 0 Å². The van der Waals surface area contributed by atoms with Crippen LogP contribution >= 0.6 is 0 Å². The van der Waals surface area contributed by atoms with Gasteiger partial charge >= 0.3 is 0 Å². The zero-order chi connectivity index (χ0) is 23.5. The van der Waals surface area contributed by atoms with Crippen molar-refractivity contribution in [1.82, 2.24) is 4.98 Å². The van der Waals surface area contributed by atoms with Gasteiger partial charge in [-0.05, 0) is 52.2 Å². The van der Waals surface area contributed by atoms with E-state index in [1.807, 2.05) is 13.0 Å². The van der Waals surface area contributed by atoms with Crippen molar-refractivity contribution in [2.24, 2.45) is 0 Å². The molecule has 1 aromatic heterocycles. The zero-order valence-corrected chi connectivity index (χ0v) is 19.5. The van der Waals surface area contributed by atoms with Gasteiger partial charge in [-0.15, -0.1) is 0 Å². The molecule has 32 heavy (non-hydrogen) atoms. The number of allylic oxidation sites excluding steroid dienone is 3. The van der Waals surface area contributed by atoms with Crippen LogP contribution in [0, 0.1) is 10.1 Å². The molecule has 0 radical (unpaired) electrons. The molecular weight excluding hydrogens is 408 g/mol. The maximum Gasteiger partial charge on any atom is 0.294 e. The summed E-state index contributed by atoms with van der Waals surface area (Å²) >= 11 is 0. The van der Waals surface area contributed by atoms with E-state index >= 15 is 0 Å². The van der Waals surface area contributed by atoms with Gasteiger partial charge in [-0.3, -0.25) is 14.9 Å². The van der Waals surface area contributed by atoms with E-state index in [1.54, 1.807) is 6.07 Å². The Hall–Kier alpha value is -3.09. The number of hydrogen-bond acceptors (Lipinski definition) is 5. The lowest BCUT2D eigenvalue weighted by Gasteiger charge is -2.14. The van der Waals surface area contributed by atoms with Crippen LogP contribution in [-0.2, 0) is 0 Å². The standard InChI is InChI=1S/C25H34N2O5/c1-5-6-7-8-15-31-24-23(32-16-14-19(4)11-9-10-18(2)3)21-13-12-20(27(29)30)17-22(21)26-25(24)28/h10,12-14,17H,5-9,11,15-16H2,1-4H3,(H,26,28)/b19-14+. The van der Waals surface area contributed by atoms with Crippen molar-refractivity contribution in [2.45, 2.75) is 66.2 Å². The summed E-state index contributed by atoms with van der Waals surface area (Å²) in [6, 6.07) is 4.34. The minimum absolute atomic E-state index is 0.0950. The Kier molecular flexibility index (Phi) is 9.98. The minimum atomic E-state index is -0.491. The topological polar surface area (TPSA) is 94.5 Å². The van der Waals surface area contributed by atoms with E-state index in [9.17, 15) is 14.9 Å². The molecular formula is C25H34N2O5. The number of fused-ring (bicyclic) bond motifs is 1. The van der Waals surface area contributed by atoms with Crippen molar-refractivity contribution in [2.75, 3.05) is 13.2 Å². The van der Waals surface area contributed by atoms with Gasteiger partial charge in [0.05, 0.1) is 17.0 Å². The molecule has 1 N–H and O–H groups in total. The monoisotopic (exact) mass is 442 g/mol. The van der Waals surface area contributed by atoms with Gasteiger partial charge in [0.2, 0.25) is 5.75 Å². The number of aromatic nitrogens is 1. The molecule has 1 aromatic carbocycles. The maximum absolute atomic E-state index is 12.7. The SMILES string of the molecule is CCCCCCOc1c(OC/C=C(\C)CCC=C(C)C)c2ccc([N+](=O)[O-])cc2[nH]c1=O. The highest BCUT2D eigenvalue weighted by Crippen LogP contribution is 2.33. The van der Waals surface area contributed by atoms with E-state index in [0.717, 1.165) is 38.5 Å². The number of unbranched alkanes of at least 4 members (excludes halogenated alkanes) is 3. The Balaban J connectivity index is 2.28. The van der Waals surface area contributed by atoms with Gasteiger partial charge in [0.25, 0.3) is 11.2 Å². The van der Waals surface area contributed by atoms with Crippen molar-refractivity contribution in [3.8, 4) is 11.5 Å². The first-order valence-corrected chi connectivity index (χ1v) is 11.2.